The third-order valence-electron chi connectivity index (χ3n) is 2.83. The highest BCUT2D eigenvalue weighted by atomic mass is 35.5. The zero-order valence-corrected chi connectivity index (χ0v) is 11.4. The Bertz CT molecular complexity index is 677. The molecule has 0 aliphatic heterocycles. The summed E-state index contributed by atoms with van der Waals surface area (Å²) in [5.74, 6) is 0. The molecule has 0 N–H and O–H groups in total. The maximum absolute atomic E-state index is 12.8. The quantitative estimate of drug-likeness (QED) is 0.787. The minimum atomic E-state index is -4.73. The van der Waals surface area contributed by atoms with Crippen LogP contribution < -0.4 is 0 Å². The van der Waals surface area contributed by atoms with E-state index in [-0.39, 0.29) is 11.4 Å². The second-order valence-corrected chi connectivity index (χ2v) is 4.73. The molecule has 0 saturated heterocycles. The minimum Gasteiger partial charge on any atom is -0.298 e. The first-order valence-corrected chi connectivity index (χ1v) is 6.02. The first-order valence-electron chi connectivity index (χ1n) is 5.64. The molecule has 0 unspecified atom stereocenters. The lowest BCUT2D eigenvalue weighted by atomic mass is 10.1. The van der Waals surface area contributed by atoms with Crippen LogP contribution in [0.2, 0.25) is 5.15 Å². The molecule has 0 bridgehead atoms. The molecule has 2 aromatic rings. The zero-order valence-electron chi connectivity index (χ0n) is 10.6. The lowest BCUT2D eigenvalue weighted by molar-refractivity contribution is -0.141. The van der Waals surface area contributed by atoms with Crippen LogP contribution in [0.15, 0.2) is 18.2 Å². The summed E-state index contributed by atoms with van der Waals surface area (Å²) in [6.45, 7) is 3.59. The van der Waals surface area contributed by atoms with Crippen LogP contribution in [0.4, 0.5) is 13.2 Å². The highest BCUT2D eigenvalue weighted by Gasteiger charge is 2.39. The van der Waals surface area contributed by atoms with E-state index >= 15 is 0 Å². The van der Waals surface area contributed by atoms with Crippen LogP contribution >= 0.6 is 11.6 Å². The van der Waals surface area contributed by atoms with Crippen molar-refractivity contribution in [2.45, 2.75) is 20.0 Å². The monoisotopic (exact) mass is 302 g/mol. The molecule has 1 aromatic carbocycles. The van der Waals surface area contributed by atoms with Gasteiger partial charge in [-0.2, -0.15) is 18.3 Å². The second kappa shape index (κ2) is 4.94. The second-order valence-electron chi connectivity index (χ2n) is 4.37. The van der Waals surface area contributed by atoms with E-state index in [2.05, 4.69) is 5.10 Å². The third kappa shape index (κ3) is 2.43. The largest absolute Gasteiger partial charge is 0.435 e. The van der Waals surface area contributed by atoms with Crippen LogP contribution in [-0.4, -0.2) is 16.1 Å². The van der Waals surface area contributed by atoms with Crippen molar-refractivity contribution in [3.63, 3.8) is 0 Å². The van der Waals surface area contributed by atoms with Gasteiger partial charge in [0.25, 0.3) is 0 Å². The van der Waals surface area contributed by atoms with Crippen LogP contribution in [0, 0.1) is 13.8 Å². The van der Waals surface area contributed by atoms with E-state index in [0.29, 0.717) is 11.3 Å². The maximum Gasteiger partial charge on any atom is 0.435 e. The number of halogens is 4. The van der Waals surface area contributed by atoms with Gasteiger partial charge in [-0.05, 0) is 25.5 Å². The topological polar surface area (TPSA) is 34.9 Å². The predicted molar refractivity (Wildman–Crippen MR) is 68.4 cm³/mol. The summed E-state index contributed by atoms with van der Waals surface area (Å²) in [6, 6.07) is 5.13. The molecule has 2 rings (SSSR count). The van der Waals surface area contributed by atoms with Gasteiger partial charge < -0.3 is 0 Å². The van der Waals surface area contributed by atoms with Crippen molar-refractivity contribution in [2.24, 2.45) is 0 Å². The van der Waals surface area contributed by atoms with Crippen molar-refractivity contribution in [2.75, 3.05) is 0 Å². The molecule has 20 heavy (non-hydrogen) atoms. The van der Waals surface area contributed by atoms with Crippen molar-refractivity contribution in [3.05, 3.63) is 45.7 Å². The molecule has 0 aliphatic rings. The Morgan fingerprint density at radius 3 is 2.40 bits per heavy atom. The van der Waals surface area contributed by atoms with E-state index in [4.69, 9.17) is 11.6 Å². The van der Waals surface area contributed by atoms with Gasteiger partial charge in [0.1, 0.15) is 5.15 Å². The molecule has 1 aromatic heterocycles. The number of hydrogen-bond donors (Lipinski definition) is 0. The van der Waals surface area contributed by atoms with Gasteiger partial charge in [-0.1, -0.05) is 29.3 Å². The summed E-state index contributed by atoms with van der Waals surface area (Å²) in [7, 11) is 0. The van der Waals surface area contributed by atoms with Gasteiger partial charge in [-0.15, -0.1) is 0 Å². The number of aldehydes is 1. The Hall–Kier alpha value is -1.82. The van der Waals surface area contributed by atoms with Crippen molar-refractivity contribution in [1.29, 1.82) is 0 Å². The van der Waals surface area contributed by atoms with Gasteiger partial charge in [0.2, 0.25) is 0 Å². The Morgan fingerprint density at radius 1 is 1.30 bits per heavy atom. The number of hydrogen-bond acceptors (Lipinski definition) is 2. The van der Waals surface area contributed by atoms with E-state index in [0.717, 1.165) is 10.2 Å². The van der Waals surface area contributed by atoms with Crippen molar-refractivity contribution in [3.8, 4) is 5.69 Å². The van der Waals surface area contributed by atoms with Crippen LogP contribution in [-0.2, 0) is 6.18 Å². The fourth-order valence-corrected chi connectivity index (χ4v) is 2.19. The highest BCUT2D eigenvalue weighted by molar-refractivity contribution is 6.32. The zero-order chi connectivity index (χ0) is 15.1. The third-order valence-corrected chi connectivity index (χ3v) is 3.19. The van der Waals surface area contributed by atoms with Crippen LogP contribution in [0.1, 0.15) is 27.2 Å². The van der Waals surface area contributed by atoms with E-state index in [9.17, 15) is 18.0 Å². The lowest BCUT2D eigenvalue weighted by Gasteiger charge is -2.08. The number of aryl methyl sites for hydroxylation is 2. The predicted octanol–water partition coefficient (Wildman–Crippen LogP) is 3.97. The van der Waals surface area contributed by atoms with Crippen LogP contribution in [0.25, 0.3) is 5.69 Å². The first kappa shape index (κ1) is 14.6. The SMILES string of the molecule is Cc1ccc(-n2nc(C(F)(F)F)c(C=O)c2Cl)c(C)c1. The standard InChI is InChI=1S/C13H10ClF3N2O/c1-7-3-4-10(8(2)5-7)19-12(14)9(6-20)11(18-19)13(15,16)17/h3-6H,1-2H3. The first-order chi connectivity index (χ1) is 9.25. The van der Waals surface area contributed by atoms with Gasteiger partial charge in [0.05, 0.1) is 11.3 Å². The Labute approximate surface area is 118 Å². The molecule has 106 valence electrons. The molecular formula is C13H10ClF3N2O. The molecule has 0 saturated carbocycles. The number of benzene rings is 1. The van der Waals surface area contributed by atoms with E-state index in [1.54, 1.807) is 25.1 Å². The Morgan fingerprint density at radius 2 is 1.95 bits per heavy atom. The fraction of sp³-hybridized carbons (Fsp3) is 0.231. The van der Waals surface area contributed by atoms with Crippen molar-refractivity contribution < 1.29 is 18.0 Å². The molecular weight excluding hydrogens is 293 g/mol. The molecule has 3 nitrogen and oxygen atoms in total. The summed E-state index contributed by atoms with van der Waals surface area (Å²) in [4.78, 5) is 10.8. The lowest BCUT2D eigenvalue weighted by Crippen LogP contribution is -2.09. The molecule has 0 aliphatic carbocycles. The maximum atomic E-state index is 12.8. The summed E-state index contributed by atoms with van der Waals surface area (Å²) in [5, 5.41) is 3.09. The Kier molecular flexibility index (Phi) is 3.60. The van der Waals surface area contributed by atoms with Gasteiger partial charge in [0.15, 0.2) is 12.0 Å². The number of rotatable bonds is 2. The molecule has 1 heterocycles. The normalized spacial score (nSPS) is 11.7. The van der Waals surface area contributed by atoms with Gasteiger partial charge >= 0.3 is 6.18 Å². The number of aromatic nitrogens is 2. The molecule has 0 spiro atoms. The minimum absolute atomic E-state index is 0.0676. The van der Waals surface area contributed by atoms with E-state index in [1.807, 2.05) is 6.92 Å². The average Bonchev–Trinajstić information content (AvgIpc) is 2.66. The number of alkyl halides is 3. The van der Waals surface area contributed by atoms with Crippen LogP contribution in [0.3, 0.4) is 0 Å². The summed E-state index contributed by atoms with van der Waals surface area (Å²) in [6.07, 6.45) is -4.66. The number of nitrogens with zero attached hydrogens (tertiary/aromatic N) is 2. The summed E-state index contributed by atoms with van der Waals surface area (Å²) in [5.41, 5.74) is 0.137. The smallest absolute Gasteiger partial charge is 0.298 e. The summed E-state index contributed by atoms with van der Waals surface area (Å²) < 4.78 is 39.4. The van der Waals surface area contributed by atoms with E-state index in [1.165, 1.54) is 0 Å². The molecule has 7 heteroatoms. The van der Waals surface area contributed by atoms with E-state index < -0.39 is 17.4 Å². The Balaban J connectivity index is 2.70. The van der Waals surface area contributed by atoms with Gasteiger partial charge in [0, 0.05) is 0 Å². The van der Waals surface area contributed by atoms with Crippen molar-refractivity contribution in [1.82, 2.24) is 9.78 Å². The van der Waals surface area contributed by atoms with Crippen molar-refractivity contribution >= 4 is 17.9 Å². The van der Waals surface area contributed by atoms with Crippen LogP contribution in [0.5, 0.6) is 0 Å². The van der Waals surface area contributed by atoms with Gasteiger partial charge in [-0.25, -0.2) is 4.68 Å². The number of carbonyl (C=O) groups is 1. The number of carbonyl (C=O) groups excluding carboxylic acids is 1. The summed E-state index contributed by atoms with van der Waals surface area (Å²) >= 11 is 5.85. The molecule has 0 atom stereocenters. The fourth-order valence-electron chi connectivity index (χ4n) is 1.93. The molecule has 0 amide bonds. The average molecular weight is 303 g/mol. The molecule has 0 fully saturated rings. The molecule has 0 radical (unpaired) electrons. The highest BCUT2D eigenvalue weighted by Crippen LogP contribution is 2.35. The van der Waals surface area contributed by atoms with Gasteiger partial charge in [-0.3, -0.25) is 4.79 Å².